The van der Waals surface area contributed by atoms with Gasteiger partial charge in [-0.25, -0.2) is 4.79 Å². The van der Waals surface area contributed by atoms with E-state index in [-0.39, 0.29) is 25.7 Å². The number of rotatable bonds is 3. The van der Waals surface area contributed by atoms with Crippen molar-refractivity contribution in [2.45, 2.75) is 13.8 Å². The third-order valence-corrected chi connectivity index (χ3v) is 2.65. The Balaban J connectivity index is 0.000000956. The van der Waals surface area contributed by atoms with Crippen LogP contribution in [-0.2, 0) is 9.53 Å². The van der Waals surface area contributed by atoms with Crippen molar-refractivity contribution < 1.29 is 24.2 Å². The van der Waals surface area contributed by atoms with E-state index < -0.39 is 5.97 Å². The van der Waals surface area contributed by atoms with E-state index in [9.17, 15) is 9.59 Å². The normalized spacial score (nSPS) is 12.8. The Morgan fingerprint density at radius 2 is 2.15 bits per heavy atom. The van der Waals surface area contributed by atoms with Crippen LogP contribution in [-0.4, -0.2) is 43.9 Å². The number of anilines is 1. The molecule has 0 atom stereocenters. The van der Waals surface area contributed by atoms with Crippen LogP contribution in [0.3, 0.4) is 0 Å². The summed E-state index contributed by atoms with van der Waals surface area (Å²) in [6, 6.07) is 4.68. The zero-order chi connectivity index (χ0) is 15.1. The van der Waals surface area contributed by atoms with Gasteiger partial charge in [0.25, 0.3) is 5.91 Å². The standard InChI is InChI=1S/C12H13NO5.C2H6/c1-17-12(16)8-2-3-9-10(6-8)18-7-11(15)13(9)4-5-14;1-2/h2-3,6,14H,4-5,7H2,1H3;1-2H3. The molecular weight excluding hydrogens is 262 g/mol. The van der Waals surface area contributed by atoms with Gasteiger partial charge in [-0.1, -0.05) is 13.8 Å². The molecule has 0 aromatic heterocycles. The molecule has 2 rings (SSSR count). The molecule has 6 nitrogen and oxygen atoms in total. The summed E-state index contributed by atoms with van der Waals surface area (Å²) in [5, 5.41) is 8.93. The Kier molecular flexibility index (Phi) is 5.99. The molecule has 6 heteroatoms. The Labute approximate surface area is 117 Å². The van der Waals surface area contributed by atoms with E-state index in [1.165, 1.54) is 18.1 Å². The molecule has 0 spiro atoms. The summed E-state index contributed by atoms with van der Waals surface area (Å²) in [4.78, 5) is 24.4. The molecule has 1 aliphatic heterocycles. The van der Waals surface area contributed by atoms with Crippen molar-refractivity contribution in [1.82, 2.24) is 0 Å². The first kappa shape index (κ1) is 16.0. The van der Waals surface area contributed by atoms with Gasteiger partial charge in [0, 0.05) is 6.54 Å². The molecule has 0 unspecified atom stereocenters. The number of aliphatic hydroxyl groups is 1. The molecule has 0 saturated carbocycles. The monoisotopic (exact) mass is 281 g/mol. The lowest BCUT2D eigenvalue weighted by Crippen LogP contribution is -2.40. The van der Waals surface area contributed by atoms with Gasteiger partial charge in [-0.15, -0.1) is 0 Å². The lowest BCUT2D eigenvalue weighted by atomic mass is 10.1. The van der Waals surface area contributed by atoms with Crippen LogP contribution in [0.15, 0.2) is 18.2 Å². The first-order valence-corrected chi connectivity index (χ1v) is 6.43. The lowest BCUT2D eigenvalue weighted by Gasteiger charge is -2.28. The third kappa shape index (κ3) is 3.27. The van der Waals surface area contributed by atoms with Crippen molar-refractivity contribution >= 4 is 17.6 Å². The van der Waals surface area contributed by atoms with Crippen molar-refractivity contribution in [2.75, 3.05) is 31.8 Å². The zero-order valence-electron chi connectivity index (χ0n) is 11.9. The topological polar surface area (TPSA) is 76.1 Å². The number of esters is 1. The molecule has 1 heterocycles. The Morgan fingerprint density at radius 1 is 1.45 bits per heavy atom. The third-order valence-electron chi connectivity index (χ3n) is 2.65. The summed E-state index contributed by atoms with van der Waals surface area (Å²) in [6.45, 7) is 3.97. The molecule has 1 N–H and O–H groups in total. The number of hydrogen-bond donors (Lipinski definition) is 1. The molecule has 0 saturated heterocycles. The van der Waals surface area contributed by atoms with Gasteiger partial charge < -0.3 is 19.5 Å². The van der Waals surface area contributed by atoms with Crippen molar-refractivity contribution in [3.63, 3.8) is 0 Å². The van der Waals surface area contributed by atoms with Crippen LogP contribution < -0.4 is 9.64 Å². The molecule has 0 aliphatic carbocycles. The van der Waals surface area contributed by atoms with Crippen molar-refractivity contribution in [3.05, 3.63) is 23.8 Å². The number of carbonyl (C=O) groups is 2. The number of benzene rings is 1. The van der Waals surface area contributed by atoms with Crippen molar-refractivity contribution in [3.8, 4) is 5.75 Å². The van der Waals surface area contributed by atoms with Crippen LogP contribution in [0.2, 0.25) is 0 Å². The Hall–Kier alpha value is -2.08. The summed E-state index contributed by atoms with van der Waals surface area (Å²) in [7, 11) is 1.30. The average Bonchev–Trinajstić information content (AvgIpc) is 2.51. The van der Waals surface area contributed by atoms with Gasteiger partial charge >= 0.3 is 5.97 Å². The minimum absolute atomic E-state index is 0.0996. The molecule has 0 radical (unpaired) electrons. The smallest absolute Gasteiger partial charge is 0.337 e. The summed E-state index contributed by atoms with van der Waals surface area (Å²) >= 11 is 0. The first-order valence-electron chi connectivity index (χ1n) is 6.43. The highest BCUT2D eigenvalue weighted by atomic mass is 16.5. The number of β-amino-alcohol motifs (C(OH)–C–C–N with tert-alkyl or cyclic N) is 1. The quantitative estimate of drug-likeness (QED) is 0.843. The Bertz CT molecular complexity index is 486. The van der Waals surface area contributed by atoms with E-state index in [1.54, 1.807) is 12.1 Å². The number of methoxy groups -OCH3 is 1. The van der Waals surface area contributed by atoms with E-state index in [2.05, 4.69) is 4.74 Å². The van der Waals surface area contributed by atoms with Gasteiger partial charge in [0.05, 0.1) is 25.0 Å². The minimum atomic E-state index is -0.466. The van der Waals surface area contributed by atoms with E-state index in [1.807, 2.05) is 13.8 Å². The van der Waals surface area contributed by atoms with Gasteiger partial charge in [-0.05, 0) is 18.2 Å². The molecular formula is C14H19NO5. The van der Waals surface area contributed by atoms with Crippen LogP contribution in [0.5, 0.6) is 5.75 Å². The second-order valence-electron chi connectivity index (χ2n) is 3.73. The number of carbonyl (C=O) groups excluding carboxylic acids is 2. The Morgan fingerprint density at radius 3 is 2.75 bits per heavy atom. The molecule has 0 bridgehead atoms. The SMILES string of the molecule is CC.COC(=O)c1ccc2c(c1)OCC(=O)N2CCO. The van der Waals surface area contributed by atoms with Gasteiger partial charge in [-0.3, -0.25) is 4.79 Å². The molecule has 20 heavy (non-hydrogen) atoms. The second-order valence-corrected chi connectivity index (χ2v) is 3.73. The largest absolute Gasteiger partial charge is 0.482 e. The van der Waals surface area contributed by atoms with Gasteiger partial charge in [0.2, 0.25) is 0 Å². The summed E-state index contributed by atoms with van der Waals surface area (Å²) in [5.41, 5.74) is 0.905. The van der Waals surface area contributed by atoms with Crippen LogP contribution in [0.1, 0.15) is 24.2 Å². The maximum atomic E-state index is 11.6. The maximum Gasteiger partial charge on any atom is 0.337 e. The fourth-order valence-electron chi connectivity index (χ4n) is 1.79. The van der Waals surface area contributed by atoms with Gasteiger partial charge in [-0.2, -0.15) is 0 Å². The van der Waals surface area contributed by atoms with Gasteiger partial charge in [0.1, 0.15) is 5.75 Å². The zero-order valence-corrected chi connectivity index (χ0v) is 11.9. The minimum Gasteiger partial charge on any atom is -0.482 e. The maximum absolute atomic E-state index is 11.6. The van der Waals surface area contributed by atoms with Crippen LogP contribution in [0.25, 0.3) is 0 Å². The molecule has 1 aromatic rings. The van der Waals surface area contributed by atoms with E-state index in [0.717, 1.165) is 0 Å². The number of ether oxygens (including phenoxy) is 2. The second kappa shape index (κ2) is 7.49. The highest BCUT2D eigenvalue weighted by molar-refractivity contribution is 5.99. The van der Waals surface area contributed by atoms with Crippen LogP contribution in [0.4, 0.5) is 5.69 Å². The summed E-state index contributed by atoms with van der Waals surface area (Å²) in [6.07, 6.45) is 0. The van der Waals surface area contributed by atoms with E-state index in [0.29, 0.717) is 17.0 Å². The molecule has 110 valence electrons. The van der Waals surface area contributed by atoms with E-state index >= 15 is 0 Å². The summed E-state index contributed by atoms with van der Waals surface area (Å²) < 4.78 is 9.87. The lowest BCUT2D eigenvalue weighted by molar-refractivity contribution is -0.121. The molecule has 1 amide bonds. The number of amides is 1. The van der Waals surface area contributed by atoms with Crippen LogP contribution in [0, 0.1) is 0 Å². The fourth-order valence-corrected chi connectivity index (χ4v) is 1.79. The molecule has 1 aromatic carbocycles. The number of nitrogens with zero attached hydrogens (tertiary/aromatic N) is 1. The number of fused-ring (bicyclic) bond motifs is 1. The molecule has 1 aliphatic rings. The van der Waals surface area contributed by atoms with Crippen molar-refractivity contribution in [1.29, 1.82) is 0 Å². The summed E-state index contributed by atoms with van der Waals surface area (Å²) in [5.74, 6) is -0.250. The first-order chi connectivity index (χ1) is 9.67. The fraction of sp³-hybridized carbons (Fsp3) is 0.429. The predicted molar refractivity (Wildman–Crippen MR) is 74.1 cm³/mol. The van der Waals surface area contributed by atoms with Crippen LogP contribution >= 0.6 is 0 Å². The number of aliphatic hydroxyl groups excluding tert-OH is 1. The highest BCUT2D eigenvalue weighted by Crippen LogP contribution is 2.32. The molecule has 0 fully saturated rings. The predicted octanol–water partition coefficient (Wildman–Crippen LogP) is 1.22. The average molecular weight is 281 g/mol. The van der Waals surface area contributed by atoms with E-state index in [4.69, 9.17) is 9.84 Å². The number of hydrogen-bond acceptors (Lipinski definition) is 5. The van der Waals surface area contributed by atoms with Gasteiger partial charge in [0.15, 0.2) is 6.61 Å². The van der Waals surface area contributed by atoms with Crippen molar-refractivity contribution in [2.24, 2.45) is 0 Å². The highest BCUT2D eigenvalue weighted by Gasteiger charge is 2.25.